The standard InChI is InChI=1S/C26H25ClN2O5/c1-33-29(16-18-7-3-2-4-8-18)26(32)28-14-13-19-9-5-6-10-21(19)25(28)22-15-20(27)11-12-23(22)34-17-24(30)31/h2-12,15,25H,13-14,16-17H2,1H3,(H,30,31). The van der Waals surface area contributed by atoms with Gasteiger partial charge in [-0.2, -0.15) is 5.06 Å². The molecule has 0 bridgehead atoms. The second kappa shape index (κ2) is 10.6. The van der Waals surface area contributed by atoms with Crippen LogP contribution in [0, 0.1) is 0 Å². The number of amides is 2. The average molecular weight is 481 g/mol. The molecule has 0 fully saturated rings. The van der Waals surface area contributed by atoms with Crippen LogP contribution in [0.4, 0.5) is 4.79 Å². The van der Waals surface area contributed by atoms with E-state index in [0.717, 1.165) is 16.7 Å². The summed E-state index contributed by atoms with van der Waals surface area (Å²) in [5.41, 5.74) is 3.58. The number of aliphatic carboxylic acids is 1. The molecule has 1 unspecified atom stereocenters. The third-order valence-corrected chi connectivity index (χ3v) is 5.98. The van der Waals surface area contributed by atoms with Crippen molar-refractivity contribution in [3.8, 4) is 5.75 Å². The summed E-state index contributed by atoms with van der Waals surface area (Å²) in [6.07, 6.45) is 0.674. The molecule has 0 radical (unpaired) electrons. The Balaban J connectivity index is 1.75. The molecule has 3 aromatic carbocycles. The molecule has 0 saturated heterocycles. The number of fused-ring (bicyclic) bond motifs is 1. The van der Waals surface area contributed by atoms with Crippen LogP contribution in [0.5, 0.6) is 5.75 Å². The number of halogens is 1. The summed E-state index contributed by atoms with van der Waals surface area (Å²) in [5.74, 6) is -0.732. The first-order chi connectivity index (χ1) is 16.5. The van der Waals surface area contributed by atoms with Gasteiger partial charge in [0.05, 0.1) is 19.7 Å². The van der Waals surface area contributed by atoms with Crippen LogP contribution < -0.4 is 4.74 Å². The first-order valence-corrected chi connectivity index (χ1v) is 11.2. The highest BCUT2D eigenvalue weighted by Crippen LogP contribution is 2.41. The lowest BCUT2D eigenvalue weighted by Crippen LogP contribution is -2.47. The fourth-order valence-corrected chi connectivity index (χ4v) is 4.40. The molecule has 0 aromatic heterocycles. The number of carbonyl (C=O) groups excluding carboxylic acids is 1. The van der Waals surface area contributed by atoms with E-state index in [1.165, 1.54) is 12.2 Å². The zero-order valence-corrected chi connectivity index (χ0v) is 19.4. The molecule has 0 saturated carbocycles. The summed E-state index contributed by atoms with van der Waals surface area (Å²) in [5, 5.41) is 10.9. The molecular weight excluding hydrogens is 456 g/mol. The molecule has 1 N–H and O–H groups in total. The van der Waals surface area contributed by atoms with Crippen LogP contribution in [0.3, 0.4) is 0 Å². The van der Waals surface area contributed by atoms with Crippen molar-refractivity contribution >= 4 is 23.6 Å². The minimum atomic E-state index is -1.09. The van der Waals surface area contributed by atoms with Gasteiger partial charge in [0.25, 0.3) is 0 Å². The van der Waals surface area contributed by atoms with Crippen LogP contribution in [-0.4, -0.2) is 47.3 Å². The van der Waals surface area contributed by atoms with Crippen molar-refractivity contribution in [1.29, 1.82) is 0 Å². The first-order valence-electron chi connectivity index (χ1n) is 10.9. The molecule has 4 rings (SSSR count). The Labute approximate surface area is 203 Å². The second-order valence-electron chi connectivity index (χ2n) is 7.90. The maximum absolute atomic E-state index is 13.7. The number of benzene rings is 3. The Kier molecular flexibility index (Phi) is 7.35. The molecule has 1 atom stereocenters. The molecule has 34 heavy (non-hydrogen) atoms. The van der Waals surface area contributed by atoms with E-state index in [9.17, 15) is 9.59 Å². The van der Waals surface area contributed by atoms with E-state index >= 15 is 0 Å². The lowest BCUT2D eigenvalue weighted by Gasteiger charge is -2.40. The second-order valence-corrected chi connectivity index (χ2v) is 8.33. The van der Waals surface area contributed by atoms with E-state index in [2.05, 4.69) is 0 Å². The number of hydroxylamine groups is 2. The van der Waals surface area contributed by atoms with Crippen molar-refractivity contribution in [2.24, 2.45) is 0 Å². The summed E-state index contributed by atoms with van der Waals surface area (Å²) in [7, 11) is 1.47. The predicted octanol–water partition coefficient (Wildman–Crippen LogP) is 4.93. The number of carboxylic acids is 1. The van der Waals surface area contributed by atoms with Gasteiger partial charge in [-0.15, -0.1) is 0 Å². The molecule has 0 spiro atoms. The number of hydrogen-bond donors (Lipinski definition) is 1. The molecule has 1 heterocycles. The maximum Gasteiger partial charge on any atom is 0.345 e. The van der Waals surface area contributed by atoms with Crippen molar-refractivity contribution in [3.63, 3.8) is 0 Å². The Morgan fingerprint density at radius 3 is 2.53 bits per heavy atom. The fourth-order valence-electron chi connectivity index (χ4n) is 4.21. The van der Waals surface area contributed by atoms with Gasteiger partial charge in [-0.1, -0.05) is 66.2 Å². The van der Waals surface area contributed by atoms with E-state index < -0.39 is 18.6 Å². The summed E-state index contributed by atoms with van der Waals surface area (Å²) in [6, 6.07) is 21.6. The Bertz CT molecular complexity index is 1170. The highest BCUT2D eigenvalue weighted by atomic mass is 35.5. The van der Waals surface area contributed by atoms with E-state index in [0.29, 0.717) is 29.3 Å². The Hall–Kier alpha value is -3.55. The molecule has 7 nitrogen and oxygen atoms in total. The van der Waals surface area contributed by atoms with E-state index in [4.69, 9.17) is 26.3 Å². The van der Waals surface area contributed by atoms with Crippen molar-refractivity contribution in [2.45, 2.75) is 19.0 Å². The van der Waals surface area contributed by atoms with E-state index in [1.807, 2.05) is 54.6 Å². The van der Waals surface area contributed by atoms with E-state index in [-0.39, 0.29) is 12.6 Å². The smallest absolute Gasteiger partial charge is 0.345 e. The van der Waals surface area contributed by atoms with Crippen LogP contribution in [0.2, 0.25) is 5.02 Å². The van der Waals surface area contributed by atoms with Crippen molar-refractivity contribution < 1.29 is 24.3 Å². The number of rotatable bonds is 7. The first kappa shape index (κ1) is 23.6. The van der Waals surface area contributed by atoms with Crippen molar-refractivity contribution in [3.05, 3.63) is 100 Å². The van der Waals surface area contributed by atoms with Gasteiger partial charge in [-0.25, -0.2) is 9.59 Å². The quantitative estimate of drug-likeness (QED) is 0.485. The summed E-state index contributed by atoms with van der Waals surface area (Å²) in [6.45, 7) is 0.216. The van der Waals surface area contributed by atoms with Gasteiger partial charge in [0, 0.05) is 17.1 Å². The van der Waals surface area contributed by atoms with Crippen molar-refractivity contribution in [2.75, 3.05) is 20.3 Å². The lowest BCUT2D eigenvalue weighted by atomic mass is 9.88. The van der Waals surface area contributed by atoms with Gasteiger partial charge >= 0.3 is 12.0 Å². The fraction of sp³-hybridized carbons (Fsp3) is 0.231. The zero-order valence-electron chi connectivity index (χ0n) is 18.7. The summed E-state index contributed by atoms with van der Waals surface area (Å²) >= 11 is 6.34. The maximum atomic E-state index is 13.7. The van der Waals surface area contributed by atoms with Crippen LogP contribution in [0.15, 0.2) is 72.8 Å². The number of nitrogens with zero attached hydrogens (tertiary/aromatic N) is 2. The van der Waals surface area contributed by atoms with Crippen LogP contribution in [-0.2, 0) is 22.6 Å². The van der Waals surface area contributed by atoms with Gasteiger partial charge in [0.15, 0.2) is 6.61 Å². The molecule has 176 valence electrons. The third-order valence-electron chi connectivity index (χ3n) is 5.75. The highest BCUT2D eigenvalue weighted by molar-refractivity contribution is 6.30. The topological polar surface area (TPSA) is 79.3 Å². The molecule has 2 amide bonds. The van der Waals surface area contributed by atoms with Gasteiger partial charge in [-0.05, 0) is 41.3 Å². The number of hydrogen-bond acceptors (Lipinski definition) is 4. The molecule has 1 aliphatic heterocycles. The minimum Gasteiger partial charge on any atom is -0.482 e. The molecule has 3 aromatic rings. The largest absolute Gasteiger partial charge is 0.482 e. The van der Waals surface area contributed by atoms with Gasteiger partial charge in [-0.3, -0.25) is 4.84 Å². The van der Waals surface area contributed by atoms with Gasteiger partial charge in [0.2, 0.25) is 0 Å². The summed E-state index contributed by atoms with van der Waals surface area (Å²) < 4.78 is 5.59. The third kappa shape index (κ3) is 5.16. The van der Waals surface area contributed by atoms with E-state index in [1.54, 1.807) is 23.1 Å². The SMILES string of the molecule is CON(Cc1ccccc1)C(=O)N1CCc2ccccc2C1c1cc(Cl)ccc1OCC(=O)O. The van der Waals surface area contributed by atoms with Crippen molar-refractivity contribution in [1.82, 2.24) is 9.96 Å². The number of urea groups is 1. The summed E-state index contributed by atoms with van der Waals surface area (Å²) in [4.78, 5) is 32.1. The van der Waals surface area contributed by atoms with Gasteiger partial charge < -0.3 is 14.7 Å². The molecule has 0 aliphatic carbocycles. The number of carboxylic acid groups (broad SMARTS) is 1. The number of carbonyl (C=O) groups is 2. The molecule has 1 aliphatic rings. The highest BCUT2D eigenvalue weighted by Gasteiger charge is 2.36. The Morgan fingerprint density at radius 1 is 1.06 bits per heavy atom. The average Bonchev–Trinajstić information content (AvgIpc) is 2.86. The normalized spacial score (nSPS) is 14.9. The van der Waals surface area contributed by atoms with Crippen LogP contribution in [0.1, 0.15) is 28.3 Å². The van der Waals surface area contributed by atoms with Crippen LogP contribution >= 0.6 is 11.6 Å². The lowest BCUT2D eigenvalue weighted by molar-refractivity contribution is -0.139. The minimum absolute atomic E-state index is 0.277. The monoisotopic (exact) mass is 480 g/mol. The predicted molar refractivity (Wildman–Crippen MR) is 128 cm³/mol. The molecule has 8 heteroatoms. The molecular formula is C26H25ClN2O5. The van der Waals surface area contributed by atoms with Gasteiger partial charge in [0.1, 0.15) is 5.75 Å². The Morgan fingerprint density at radius 2 is 1.79 bits per heavy atom. The number of ether oxygens (including phenoxy) is 1. The zero-order chi connectivity index (χ0) is 24.1. The van der Waals surface area contributed by atoms with Crippen LogP contribution in [0.25, 0.3) is 0 Å².